The van der Waals surface area contributed by atoms with E-state index in [1.54, 1.807) is 18.3 Å². The summed E-state index contributed by atoms with van der Waals surface area (Å²) in [6.45, 7) is 1.75. The van der Waals surface area contributed by atoms with E-state index in [-0.39, 0.29) is 11.7 Å². The SMILES string of the molecule is O=C(N1CCc2cnccc21)C1(c2ccc(F)cc2)CCOCC1. The van der Waals surface area contributed by atoms with Crippen molar-refractivity contribution in [2.75, 3.05) is 24.7 Å². The average Bonchev–Trinajstić information content (AvgIpc) is 3.06. The zero-order chi connectivity index (χ0) is 16.6. The third kappa shape index (κ3) is 2.40. The van der Waals surface area contributed by atoms with Crippen LogP contribution in [0.5, 0.6) is 0 Å². The lowest BCUT2D eigenvalue weighted by Crippen LogP contribution is -2.49. The Morgan fingerprint density at radius 3 is 2.67 bits per heavy atom. The van der Waals surface area contributed by atoms with E-state index in [1.807, 2.05) is 17.2 Å². The molecule has 2 aliphatic heterocycles. The van der Waals surface area contributed by atoms with Gasteiger partial charge in [0.2, 0.25) is 5.91 Å². The second kappa shape index (κ2) is 5.98. The number of rotatable bonds is 2. The van der Waals surface area contributed by atoms with Gasteiger partial charge >= 0.3 is 0 Å². The van der Waals surface area contributed by atoms with Gasteiger partial charge in [0.1, 0.15) is 5.82 Å². The summed E-state index contributed by atoms with van der Waals surface area (Å²) in [4.78, 5) is 19.5. The van der Waals surface area contributed by atoms with Crippen LogP contribution in [0, 0.1) is 5.82 Å². The molecule has 0 unspecified atom stereocenters. The second-order valence-electron chi connectivity index (χ2n) is 6.41. The van der Waals surface area contributed by atoms with E-state index in [2.05, 4.69) is 4.98 Å². The van der Waals surface area contributed by atoms with Crippen molar-refractivity contribution < 1.29 is 13.9 Å². The van der Waals surface area contributed by atoms with Crippen LogP contribution in [0.1, 0.15) is 24.0 Å². The van der Waals surface area contributed by atoms with E-state index < -0.39 is 5.41 Å². The molecule has 0 saturated carbocycles. The lowest BCUT2D eigenvalue weighted by Gasteiger charge is -2.39. The van der Waals surface area contributed by atoms with Gasteiger partial charge < -0.3 is 9.64 Å². The number of carbonyl (C=O) groups excluding carboxylic acids is 1. The maximum absolute atomic E-state index is 13.5. The van der Waals surface area contributed by atoms with E-state index in [0.717, 1.165) is 23.2 Å². The van der Waals surface area contributed by atoms with Crippen LogP contribution in [0.2, 0.25) is 0 Å². The minimum atomic E-state index is -0.642. The van der Waals surface area contributed by atoms with E-state index in [9.17, 15) is 9.18 Å². The van der Waals surface area contributed by atoms with Crippen molar-refractivity contribution in [1.29, 1.82) is 0 Å². The van der Waals surface area contributed by atoms with Gasteiger partial charge in [-0.2, -0.15) is 0 Å². The third-order valence-electron chi connectivity index (χ3n) is 5.17. The topological polar surface area (TPSA) is 42.4 Å². The summed E-state index contributed by atoms with van der Waals surface area (Å²) in [5.41, 5.74) is 2.28. The summed E-state index contributed by atoms with van der Waals surface area (Å²) in [6.07, 6.45) is 5.61. The predicted octanol–water partition coefficient (Wildman–Crippen LogP) is 2.86. The first-order chi connectivity index (χ1) is 11.7. The first-order valence-electron chi connectivity index (χ1n) is 8.29. The van der Waals surface area contributed by atoms with E-state index in [0.29, 0.717) is 32.6 Å². The molecule has 0 N–H and O–H groups in total. The van der Waals surface area contributed by atoms with Crippen LogP contribution in [-0.2, 0) is 21.4 Å². The smallest absolute Gasteiger partial charge is 0.237 e. The molecule has 4 nitrogen and oxygen atoms in total. The Morgan fingerprint density at radius 1 is 1.17 bits per heavy atom. The Hall–Kier alpha value is -2.27. The molecule has 2 aliphatic rings. The van der Waals surface area contributed by atoms with E-state index in [4.69, 9.17) is 4.74 Å². The Labute approximate surface area is 140 Å². The van der Waals surface area contributed by atoms with Gasteiger partial charge in [0.05, 0.1) is 5.41 Å². The van der Waals surface area contributed by atoms with Crippen molar-refractivity contribution >= 4 is 11.6 Å². The van der Waals surface area contributed by atoms with Crippen LogP contribution in [0.3, 0.4) is 0 Å². The highest BCUT2D eigenvalue weighted by Gasteiger charge is 2.45. The number of carbonyl (C=O) groups is 1. The molecular weight excluding hydrogens is 307 g/mol. The highest BCUT2D eigenvalue weighted by atomic mass is 19.1. The molecule has 0 aliphatic carbocycles. The molecule has 0 radical (unpaired) electrons. The summed E-state index contributed by atoms with van der Waals surface area (Å²) in [6, 6.07) is 8.24. The van der Waals surface area contributed by atoms with Gasteiger partial charge in [-0.15, -0.1) is 0 Å². The summed E-state index contributed by atoms with van der Waals surface area (Å²) in [5, 5.41) is 0. The quantitative estimate of drug-likeness (QED) is 0.852. The molecule has 0 spiro atoms. The van der Waals surface area contributed by atoms with Crippen LogP contribution in [0.25, 0.3) is 0 Å². The number of hydrogen-bond acceptors (Lipinski definition) is 3. The van der Waals surface area contributed by atoms with Crippen molar-refractivity contribution in [3.8, 4) is 0 Å². The van der Waals surface area contributed by atoms with E-state index >= 15 is 0 Å². The number of anilines is 1. The lowest BCUT2D eigenvalue weighted by atomic mass is 9.73. The maximum atomic E-state index is 13.5. The number of benzene rings is 1. The zero-order valence-corrected chi connectivity index (χ0v) is 13.4. The summed E-state index contributed by atoms with van der Waals surface area (Å²) in [7, 11) is 0. The molecule has 124 valence electrons. The molecule has 1 amide bonds. The molecule has 1 fully saturated rings. The van der Waals surface area contributed by atoms with Crippen LogP contribution < -0.4 is 4.90 Å². The third-order valence-corrected chi connectivity index (χ3v) is 5.17. The summed E-state index contributed by atoms with van der Waals surface area (Å²) in [5.74, 6) is -0.201. The molecule has 4 rings (SSSR count). The highest BCUT2D eigenvalue weighted by molar-refractivity contribution is 6.02. The Bertz CT molecular complexity index is 754. The number of fused-ring (bicyclic) bond motifs is 1. The van der Waals surface area contributed by atoms with Crippen molar-refractivity contribution in [2.45, 2.75) is 24.7 Å². The largest absolute Gasteiger partial charge is 0.381 e. The second-order valence-corrected chi connectivity index (χ2v) is 6.41. The van der Waals surface area contributed by atoms with Gasteiger partial charge in [-0.05, 0) is 48.6 Å². The number of halogens is 1. The Balaban J connectivity index is 1.74. The van der Waals surface area contributed by atoms with Crippen LogP contribution in [0.15, 0.2) is 42.7 Å². The molecule has 3 heterocycles. The molecule has 1 aromatic heterocycles. The van der Waals surface area contributed by atoms with Crippen molar-refractivity contribution in [1.82, 2.24) is 4.98 Å². The van der Waals surface area contributed by atoms with Gasteiger partial charge in [0, 0.05) is 37.8 Å². The highest BCUT2D eigenvalue weighted by Crippen LogP contribution is 2.40. The fraction of sp³-hybridized carbons (Fsp3) is 0.368. The first kappa shape index (κ1) is 15.3. The van der Waals surface area contributed by atoms with Crippen molar-refractivity contribution in [3.63, 3.8) is 0 Å². The number of nitrogens with zero attached hydrogens (tertiary/aromatic N) is 2. The molecule has 1 aromatic carbocycles. The van der Waals surface area contributed by atoms with Crippen LogP contribution in [0.4, 0.5) is 10.1 Å². The monoisotopic (exact) mass is 326 g/mol. The zero-order valence-electron chi connectivity index (χ0n) is 13.4. The van der Waals surface area contributed by atoms with Gasteiger partial charge in [0.15, 0.2) is 0 Å². The van der Waals surface area contributed by atoms with Crippen molar-refractivity contribution in [2.24, 2.45) is 0 Å². The van der Waals surface area contributed by atoms with E-state index in [1.165, 1.54) is 12.1 Å². The normalized spacial score (nSPS) is 19.1. The summed E-state index contributed by atoms with van der Waals surface area (Å²) >= 11 is 0. The number of hydrogen-bond donors (Lipinski definition) is 0. The Morgan fingerprint density at radius 2 is 1.92 bits per heavy atom. The lowest BCUT2D eigenvalue weighted by molar-refractivity contribution is -0.127. The fourth-order valence-corrected chi connectivity index (χ4v) is 3.81. The number of amides is 1. The average molecular weight is 326 g/mol. The number of ether oxygens (including phenoxy) is 1. The minimum absolute atomic E-state index is 0.0855. The molecule has 0 atom stereocenters. The molecular formula is C19H19FN2O2. The van der Waals surface area contributed by atoms with Gasteiger partial charge in [0.25, 0.3) is 0 Å². The molecule has 5 heteroatoms. The van der Waals surface area contributed by atoms with Crippen LogP contribution in [-0.4, -0.2) is 30.6 Å². The van der Waals surface area contributed by atoms with Gasteiger partial charge in [-0.1, -0.05) is 12.1 Å². The van der Waals surface area contributed by atoms with Gasteiger partial charge in [-0.25, -0.2) is 4.39 Å². The Kier molecular flexibility index (Phi) is 3.81. The summed E-state index contributed by atoms with van der Waals surface area (Å²) < 4.78 is 18.8. The number of pyridine rings is 1. The molecule has 2 aromatic rings. The van der Waals surface area contributed by atoms with Gasteiger partial charge in [-0.3, -0.25) is 9.78 Å². The molecule has 0 bridgehead atoms. The maximum Gasteiger partial charge on any atom is 0.237 e. The first-order valence-corrected chi connectivity index (χ1v) is 8.29. The fourth-order valence-electron chi connectivity index (χ4n) is 3.81. The molecule has 1 saturated heterocycles. The molecule has 24 heavy (non-hydrogen) atoms. The van der Waals surface area contributed by atoms with Crippen LogP contribution >= 0.6 is 0 Å². The predicted molar refractivity (Wildman–Crippen MR) is 88.4 cm³/mol. The number of aromatic nitrogens is 1. The van der Waals surface area contributed by atoms with Crippen molar-refractivity contribution in [3.05, 3.63) is 59.7 Å². The standard InChI is InChI=1S/C19H19FN2O2/c20-16-3-1-15(2-4-16)19(7-11-24-12-8-19)18(23)22-10-6-14-13-21-9-5-17(14)22/h1-5,9,13H,6-8,10-12H2. The minimum Gasteiger partial charge on any atom is -0.381 e.